The number of amides is 1. The number of anilines is 1. The molecule has 2 aromatic carbocycles. The highest BCUT2D eigenvalue weighted by molar-refractivity contribution is 7.22. The third-order valence-corrected chi connectivity index (χ3v) is 5.52. The number of carbonyl (C=O) groups is 1. The molecule has 0 unspecified atom stereocenters. The molecular formula is C20H14N4O6S. The summed E-state index contributed by atoms with van der Waals surface area (Å²) < 4.78 is 6.21. The molecule has 2 aromatic heterocycles. The first-order chi connectivity index (χ1) is 14.8. The maximum Gasteiger partial charge on any atom is 0.277 e. The lowest BCUT2D eigenvalue weighted by atomic mass is 10.1. The second-order valence-electron chi connectivity index (χ2n) is 6.69. The Hall–Kier alpha value is -4.12. The highest BCUT2D eigenvalue weighted by Crippen LogP contribution is 2.32. The third kappa shape index (κ3) is 4.12. The van der Waals surface area contributed by atoms with Crippen LogP contribution in [0.2, 0.25) is 0 Å². The highest BCUT2D eigenvalue weighted by Gasteiger charge is 2.27. The molecular weight excluding hydrogens is 424 g/mol. The Morgan fingerprint density at radius 3 is 2.42 bits per heavy atom. The van der Waals surface area contributed by atoms with E-state index in [1.807, 2.05) is 25.1 Å². The van der Waals surface area contributed by atoms with Crippen LogP contribution in [0.1, 0.15) is 21.7 Å². The van der Waals surface area contributed by atoms with Gasteiger partial charge in [0.25, 0.3) is 17.3 Å². The largest absolute Gasteiger partial charge is 0.467 e. The van der Waals surface area contributed by atoms with Gasteiger partial charge in [-0.3, -0.25) is 29.9 Å². The van der Waals surface area contributed by atoms with Crippen molar-refractivity contribution in [2.75, 3.05) is 4.90 Å². The number of nitro groups is 2. The number of benzene rings is 2. The summed E-state index contributed by atoms with van der Waals surface area (Å²) in [5.41, 5.74) is 0.433. The number of hydrogen-bond donors (Lipinski definition) is 0. The van der Waals surface area contributed by atoms with Gasteiger partial charge in [-0.2, -0.15) is 0 Å². The number of furan rings is 1. The number of carbonyl (C=O) groups excluding carboxylic acids is 1. The number of hydrogen-bond acceptors (Lipinski definition) is 8. The first-order valence-electron chi connectivity index (χ1n) is 8.97. The fourth-order valence-corrected chi connectivity index (χ4v) is 4.07. The van der Waals surface area contributed by atoms with Gasteiger partial charge < -0.3 is 4.42 Å². The lowest BCUT2D eigenvalue weighted by molar-refractivity contribution is -0.394. The SMILES string of the molecule is Cc1ccc2nc(N(Cc3ccco3)C(=O)c3cc([N+](=O)[O-])cc([N+](=O)[O-])c3)sc2c1. The molecule has 0 spiro atoms. The summed E-state index contributed by atoms with van der Waals surface area (Å²) >= 11 is 1.27. The molecule has 10 nitrogen and oxygen atoms in total. The maximum absolute atomic E-state index is 13.4. The Morgan fingerprint density at radius 1 is 1.10 bits per heavy atom. The van der Waals surface area contributed by atoms with Crippen LogP contribution in [0.3, 0.4) is 0 Å². The van der Waals surface area contributed by atoms with Crippen LogP contribution in [0, 0.1) is 27.2 Å². The van der Waals surface area contributed by atoms with E-state index < -0.39 is 27.1 Å². The summed E-state index contributed by atoms with van der Waals surface area (Å²) in [6.45, 7) is 1.94. The lowest BCUT2D eigenvalue weighted by Crippen LogP contribution is -2.30. The zero-order chi connectivity index (χ0) is 22.1. The van der Waals surface area contributed by atoms with Crippen molar-refractivity contribution in [1.82, 2.24) is 4.98 Å². The zero-order valence-corrected chi connectivity index (χ0v) is 16.9. The first kappa shape index (κ1) is 20.2. The van der Waals surface area contributed by atoms with Gasteiger partial charge in [0.15, 0.2) is 5.13 Å². The van der Waals surface area contributed by atoms with Crippen LogP contribution in [0.5, 0.6) is 0 Å². The molecule has 0 aliphatic carbocycles. The molecule has 4 rings (SSSR count). The molecule has 0 aliphatic heterocycles. The Bertz CT molecular complexity index is 1280. The molecule has 0 fully saturated rings. The monoisotopic (exact) mass is 438 g/mol. The van der Waals surface area contributed by atoms with Gasteiger partial charge in [0.1, 0.15) is 5.76 Å². The standard InChI is InChI=1S/C20H14N4O6S/c1-12-4-5-17-18(7-12)31-20(21-17)22(11-16-3-2-6-30-16)19(25)13-8-14(23(26)27)10-15(9-13)24(28)29/h2-10H,11H2,1H3. The average molecular weight is 438 g/mol. The zero-order valence-electron chi connectivity index (χ0n) is 16.0. The van der Waals surface area contributed by atoms with Crippen LogP contribution < -0.4 is 4.90 Å². The molecule has 4 aromatic rings. The molecule has 0 atom stereocenters. The molecule has 2 heterocycles. The molecule has 0 aliphatic rings. The number of rotatable bonds is 6. The molecule has 31 heavy (non-hydrogen) atoms. The maximum atomic E-state index is 13.4. The summed E-state index contributed by atoms with van der Waals surface area (Å²) in [5, 5.41) is 22.8. The van der Waals surface area contributed by atoms with Crippen molar-refractivity contribution < 1.29 is 19.1 Å². The summed E-state index contributed by atoms with van der Waals surface area (Å²) in [5.74, 6) is -0.206. The van der Waals surface area contributed by atoms with Crippen molar-refractivity contribution in [3.05, 3.63) is 91.9 Å². The Kier molecular flexibility index (Phi) is 5.17. The van der Waals surface area contributed by atoms with E-state index >= 15 is 0 Å². The summed E-state index contributed by atoms with van der Waals surface area (Å²) in [4.78, 5) is 40.1. The average Bonchev–Trinajstić information content (AvgIpc) is 3.40. The van der Waals surface area contributed by atoms with Gasteiger partial charge in [0.2, 0.25) is 0 Å². The van der Waals surface area contributed by atoms with Gasteiger partial charge in [0, 0.05) is 12.1 Å². The Labute approximate surface area is 178 Å². The topological polar surface area (TPSA) is 133 Å². The lowest BCUT2D eigenvalue weighted by Gasteiger charge is -2.18. The van der Waals surface area contributed by atoms with Gasteiger partial charge >= 0.3 is 0 Å². The Morgan fingerprint density at radius 2 is 1.81 bits per heavy atom. The van der Waals surface area contributed by atoms with Gasteiger partial charge in [-0.05, 0) is 36.8 Å². The molecule has 0 saturated carbocycles. The third-order valence-electron chi connectivity index (χ3n) is 4.47. The fourth-order valence-electron chi connectivity index (χ4n) is 3.01. The minimum atomic E-state index is -0.777. The number of fused-ring (bicyclic) bond motifs is 1. The van der Waals surface area contributed by atoms with Crippen LogP contribution in [0.4, 0.5) is 16.5 Å². The highest BCUT2D eigenvalue weighted by atomic mass is 32.1. The number of non-ortho nitro benzene ring substituents is 2. The predicted octanol–water partition coefficient (Wildman–Crippen LogP) is 4.86. The number of nitrogens with zero attached hydrogens (tertiary/aromatic N) is 4. The van der Waals surface area contributed by atoms with Crippen molar-refractivity contribution >= 4 is 44.0 Å². The van der Waals surface area contributed by atoms with Crippen molar-refractivity contribution in [2.45, 2.75) is 13.5 Å². The minimum Gasteiger partial charge on any atom is -0.467 e. The second-order valence-corrected chi connectivity index (χ2v) is 7.70. The number of nitro benzene ring substituents is 2. The van der Waals surface area contributed by atoms with Gasteiger partial charge in [-0.15, -0.1) is 0 Å². The fraction of sp³-hybridized carbons (Fsp3) is 0.100. The van der Waals surface area contributed by atoms with E-state index in [2.05, 4.69) is 4.98 Å². The smallest absolute Gasteiger partial charge is 0.277 e. The van der Waals surface area contributed by atoms with Crippen LogP contribution in [-0.4, -0.2) is 20.7 Å². The second kappa shape index (κ2) is 7.95. The Balaban J connectivity index is 1.82. The van der Waals surface area contributed by atoms with E-state index in [0.717, 1.165) is 28.5 Å². The van der Waals surface area contributed by atoms with Crippen LogP contribution >= 0.6 is 11.3 Å². The number of aromatic nitrogens is 1. The van der Waals surface area contributed by atoms with Crippen molar-refractivity contribution in [3.63, 3.8) is 0 Å². The molecule has 0 bridgehead atoms. The first-order valence-corrected chi connectivity index (χ1v) is 9.79. The summed E-state index contributed by atoms with van der Waals surface area (Å²) in [6, 6.07) is 11.8. The van der Waals surface area contributed by atoms with E-state index in [1.54, 1.807) is 12.1 Å². The molecule has 0 saturated heterocycles. The van der Waals surface area contributed by atoms with Crippen molar-refractivity contribution in [3.8, 4) is 0 Å². The van der Waals surface area contributed by atoms with Crippen molar-refractivity contribution in [2.24, 2.45) is 0 Å². The normalized spacial score (nSPS) is 10.9. The predicted molar refractivity (Wildman–Crippen MR) is 113 cm³/mol. The van der Waals surface area contributed by atoms with Gasteiger partial charge in [-0.1, -0.05) is 17.4 Å². The van der Waals surface area contributed by atoms with E-state index in [9.17, 15) is 25.0 Å². The molecule has 156 valence electrons. The quantitative estimate of drug-likeness (QED) is 0.310. The van der Waals surface area contributed by atoms with Gasteiger partial charge in [-0.25, -0.2) is 4.98 Å². The molecule has 1 amide bonds. The van der Waals surface area contributed by atoms with E-state index in [-0.39, 0.29) is 12.1 Å². The van der Waals surface area contributed by atoms with E-state index in [4.69, 9.17) is 4.42 Å². The van der Waals surface area contributed by atoms with Crippen LogP contribution in [0.25, 0.3) is 10.2 Å². The molecule has 0 N–H and O–H groups in total. The van der Waals surface area contributed by atoms with Crippen LogP contribution in [0.15, 0.2) is 59.2 Å². The minimum absolute atomic E-state index is 0.00112. The molecule has 11 heteroatoms. The molecule has 0 radical (unpaired) electrons. The summed E-state index contributed by atoms with van der Waals surface area (Å²) in [7, 11) is 0. The van der Waals surface area contributed by atoms with E-state index in [1.165, 1.54) is 22.5 Å². The van der Waals surface area contributed by atoms with Crippen LogP contribution in [-0.2, 0) is 6.54 Å². The number of aryl methyl sites for hydroxylation is 1. The number of thiazole rings is 1. The van der Waals surface area contributed by atoms with Crippen molar-refractivity contribution in [1.29, 1.82) is 0 Å². The van der Waals surface area contributed by atoms with Gasteiger partial charge in [0.05, 0.1) is 44.5 Å². The summed E-state index contributed by atoms with van der Waals surface area (Å²) in [6.07, 6.45) is 1.46. The van der Waals surface area contributed by atoms with E-state index in [0.29, 0.717) is 16.4 Å².